The van der Waals surface area contributed by atoms with Crippen LogP contribution in [0.4, 0.5) is 0 Å². The number of amides is 1. The molecule has 0 saturated carbocycles. The van der Waals surface area contributed by atoms with Gasteiger partial charge in [-0.3, -0.25) is 4.79 Å². The molecule has 1 N–H and O–H groups in total. The highest BCUT2D eigenvalue weighted by Crippen LogP contribution is 2.22. The molecule has 0 aliphatic carbocycles. The van der Waals surface area contributed by atoms with Gasteiger partial charge in [0, 0.05) is 17.0 Å². The molecular formula is C16H20ClN3O2. The summed E-state index contributed by atoms with van der Waals surface area (Å²) in [6.45, 7) is 7.86. The number of aromatic nitrogens is 2. The predicted molar refractivity (Wildman–Crippen MR) is 85.4 cm³/mol. The molecule has 1 amide bonds. The van der Waals surface area contributed by atoms with Gasteiger partial charge in [-0.25, -0.2) is 0 Å². The van der Waals surface area contributed by atoms with E-state index in [0.717, 1.165) is 5.56 Å². The summed E-state index contributed by atoms with van der Waals surface area (Å²) in [5, 5.41) is 7.41. The summed E-state index contributed by atoms with van der Waals surface area (Å²) in [5.41, 5.74) is 0.709. The van der Waals surface area contributed by atoms with Gasteiger partial charge in [-0.15, -0.1) is 0 Å². The van der Waals surface area contributed by atoms with Crippen molar-refractivity contribution in [1.82, 2.24) is 15.5 Å². The maximum atomic E-state index is 11.9. The van der Waals surface area contributed by atoms with Crippen LogP contribution in [0.3, 0.4) is 0 Å². The van der Waals surface area contributed by atoms with Crippen molar-refractivity contribution < 1.29 is 9.32 Å². The van der Waals surface area contributed by atoms with Gasteiger partial charge in [0.15, 0.2) is 0 Å². The number of carbonyl (C=O) groups is 1. The molecule has 5 nitrogen and oxygen atoms in total. The molecule has 1 atom stereocenters. The Morgan fingerprint density at radius 3 is 2.77 bits per heavy atom. The molecule has 0 saturated heterocycles. The number of benzene rings is 1. The monoisotopic (exact) mass is 321 g/mol. The highest BCUT2D eigenvalue weighted by Gasteiger charge is 2.21. The van der Waals surface area contributed by atoms with E-state index >= 15 is 0 Å². The minimum atomic E-state index is -0.338. The molecule has 2 rings (SSSR count). The van der Waals surface area contributed by atoms with Crippen LogP contribution in [0.5, 0.6) is 0 Å². The van der Waals surface area contributed by atoms with Gasteiger partial charge in [0.2, 0.25) is 17.6 Å². The van der Waals surface area contributed by atoms with Gasteiger partial charge >= 0.3 is 0 Å². The van der Waals surface area contributed by atoms with Gasteiger partial charge in [0.1, 0.15) is 6.04 Å². The lowest BCUT2D eigenvalue weighted by Crippen LogP contribution is -2.30. The fraction of sp³-hybridized carbons (Fsp3) is 0.438. The molecule has 118 valence electrons. The Kier molecular flexibility index (Phi) is 4.86. The molecule has 1 aromatic carbocycles. The van der Waals surface area contributed by atoms with Gasteiger partial charge in [-0.2, -0.15) is 4.98 Å². The number of halogens is 1. The summed E-state index contributed by atoms with van der Waals surface area (Å²) in [5.74, 6) is 0.786. The molecule has 1 heterocycles. The standard InChI is InChI=1S/C16H20ClN3O2/c1-10(18-13(21)9-16(2,3)4)15-19-14(20-22-15)11-6-5-7-12(17)8-11/h5-8,10H,9H2,1-4H3,(H,18,21). The smallest absolute Gasteiger partial charge is 0.249 e. The second-order valence-electron chi connectivity index (χ2n) is 6.49. The molecule has 0 aliphatic rings. The summed E-state index contributed by atoms with van der Waals surface area (Å²) in [7, 11) is 0. The van der Waals surface area contributed by atoms with Crippen molar-refractivity contribution in [2.75, 3.05) is 0 Å². The Bertz CT molecular complexity index is 661. The summed E-state index contributed by atoms with van der Waals surface area (Å²) in [6.07, 6.45) is 0.437. The van der Waals surface area contributed by atoms with Gasteiger partial charge in [-0.1, -0.05) is 49.7 Å². The largest absolute Gasteiger partial charge is 0.345 e. The van der Waals surface area contributed by atoms with Crippen LogP contribution in [0.1, 0.15) is 46.0 Å². The van der Waals surface area contributed by atoms with Crippen LogP contribution in [-0.2, 0) is 4.79 Å². The summed E-state index contributed by atoms with van der Waals surface area (Å²) in [4.78, 5) is 16.3. The maximum Gasteiger partial charge on any atom is 0.249 e. The number of hydrogen-bond acceptors (Lipinski definition) is 4. The minimum Gasteiger partial charge on any atom is -0.345 e. The average molecular weight is 322 g/mol. The molecule has 22 heavy (non-hydrogen) atoms. The van der Waals surface area contributed by atoms with E-state index in [1.165, 1.54) is 0 Å². The van der Waals surface area contributed by atoms with Crippen molar-refractivity contribution in [3.8, 4) is 11.4 Å². The maximum absolute atomic E-state index is 11.9. The van der Waals surface area contributed by atoms with Crippen molar-refractivity contribution in [2.24, 2.45) is 5.41 Å². The third kappa shape index (κ3) is 4.56. The van der Waals surface area contributed by atoms with Crippen molar-refractivity contribution in [1.29, 1.82) is 0 Å². The van der Waals surface area contributed by atoms with Crippen LogP contribution in [-0.4, -0.2) is 16.0 Å². The Morgan fingerprint density at radius 2 is 2.14 bits per heavy atom. The lowest BCUT2D eigenvalue weighted by atomic mass is 9.92. The van der Waals surface area contributed by atoms with E-state index in [0.29, 0.717) is 23.2 Å². The first-order valence-corrected chi connectivity index (χ1v) is 7.51. The fourth-order valence-corrected chi connectivity index (χ4v) is 2.18. The number of rotatable bonds is 4. The minimum absolute atomic E-state index is 0.0393. The van der Waals surface area contributed by atoms with Crippen LogP contribution in [0.25, 0.3) is 11.4 Å². The van der Waals surface area contributed by atoms with Gasteiger partial charge in [-0.05, 0) is 24.5 Å². The molecule has 0 bridgehead atoms. The zero-order chi connectivity index (χ0) is 16.3. The second kappa shape index (κ2) is 6.48. The van der Waals surface area contributed by atoms with E-state index in [1.54, 1.807) is 12.1 Å². The first-order chi connectivity index (χ1) is 10.2. The van der Waals surface area contributed by atoms with Crippen molar-refractivity contribution in [3.63, 3.8) is 0 Å². The Balaban J connectivity index is 2.06. The van der Waals surface area contributed by atoms with Crippen LogP contribution >= 0.6 is 11.6 Å². The Morgan fingerprint density at radius 1 is 1.41 bits per heavy atom. The second-order valence-corrected chi connectivity index (χ2v) is 6.93. The van der Waals surface area contributed by atoms with Crippen LogP contribution in [0, 0.1) is 5.41 Å². The number of hydrogen-bond donors (Lipinski definition) is 1. The Labute approximate surface area is 135 Å². The third-order valence-corrected chi connectivity index (χ3v) is 3.20. The Hall–Kier alpha value is -1.88. The quantitative estimate of drug-likeness (QED) is 0.924. The number of nitrogens with zero attached hydrogens (tertiary/aromatic N) is 2. The van der Waals surface area contributed by atoms with Crippen LogP contribution in [0.15, 0.2) is 28.8 Å². The third-order valence-electron chi connectivity index (χ3n) is 2.96. The van der Waals surface area contributed by atoms with E-state index in [4.69, 9.17) is 16.1 Å². The molecule has 6 heteroatoms. The van der Waals surface area contributed by atoms with Gasteiger partial charge < -0.3 is 9.84 Å². The van der Waals surface area contributed by atoms with E-state index in [1.807, 2.05) is 39.8 Å². The molecule has 2 aromatic rings. The first-order valence-electron chi connectivity index (χ1n) is 7.13. The van der Waals surface area contributed by atoms with E-state index < -0.39 is 0 Å². The van der Waals surface area contributed by atoms with E-state index in [9.17, 15) is 4.79 Å². The summed E-state index contributed by atoms with van der Waals surface area (Å²) in [6, 6.07) is 6.88. The molecule has 0 aliphatic heterocycles. The van der Waals surface area contributed by atoms with E-state index in [-0.39, 0.29) is 17.4 Å². The van der Waals surface area contributed by atoms with Crippen LogP contribution < -0.4 is 5.32 Å². The lowest BCUT2D eigenvalue weighted by Gasteiger charge is -2.18. The number of carbonyl (C=O) groups excluding carboxylic acids is 1. The highest BCUT2D eigenvalue weighted by molar-refractivity contribution is 6.30. The molecular weight excluding hydrogens is 302 g/mol. The molecule has 0 fully saturated rings. The van der Waals surface area contributed by atoms with Crippen molar-refractivity contribution in [3.05, 3.63) is 35.2 Å². The zero-order valence-electron chi connectivity index (χ0n) is 13.2. The zero-order valence-corrected chi connectivity index (χ0v) is 13.9. The first kappa shape index (κ1) is 16.5. The molecule has 0 radical (unpaired) electrons. The fourth-order valence-electron chi connectivity index (χ4n) is 1.99. The topological polar surface area (TPSA) is 68.0 Å². The SMILES string of the molecule is CC(NC(=O)CC(C)(C)C)c1nc(-c2cccc(Cl)c2)no1. The van der Waals surface area contributed by atoms with Crippen molar-refractivity contribution in [2.45, 2.75) is 40.2 Å². The molecule has 1 unspecified atom stereocenters. The van der Waals surface area contributed by atoms with Gasteiger partial charge in [0.25, 0.3) is 0 Å². The number of nitrogens with one attached hydrogen (secondary N) is 1. The van der Waals surface area contributed by atoms with Gasteiger partial charge in [0.05, 0.1) is 0 Å². The molecule has 1 aromatic heterocycles. The summed E-state index contributed by atoms with van der Waals surface area (Å²) < 4.78 is 5.23. The highest BCUT2D eigenvalue weighted by atomic mass is 35.5. The predicted octanol–water partition coefficient (Wildman–Crippen LogP) is 4.00. The summed E-state index contributed by atoms with van der Waals surface area (Å²) >= 11 is 5.95. The lowest BCUT2D eigenvalue weighted by molar-refractivity contribution is -0.123. The normalized spacial score (nSPS) is 13.0. The van der Waals surface area contributed by atoms with E-state index in [2.05, 4.69) is 15.5 Å². The van der Waals surface area contributed by atoms with Crippen LogP contribution in [0.2, 0.25) is 5.02 Å². The average Bonchev–Trinajstić information content (AvgIpc) is 2.85. The van der Waals surface area contributed by atoms with Crippen molar-refractivity contribution >= 4 is 17.5 Å². The molecule has 0 spiro atoms.